The van der Waals surface area contributed by atoms with Crippen molar-refractivity contribution in [2.75, 3.05) is 6.61 Å². The summed E-state index contributed by atoms with van der Waals surface area (Å²) < 4.78 is 11.9. The molecule has 0 aliphatic heterocycles. The van der Waals surface area contributed by atoms with Gasteiger partial charge in [0.2, 0.25) is 0 Å². The van der Waals surface area contributed by atoms with Gasteiger partial charge in [0.05, 0.1) is 12.2 Å². The lowest BCUT2D eigenvalue weighted by molar-refractivity contribution is 0.0761. The van der Waals surface area contributed by atoms with Gasteiger partial charge in [-0.2, -0.15) is 0 Å². The average Bonchev–Trinajstić information content (AvgIpc) is 3.17. The van der Waals surface area contributed by atoms with Crippen molar-refractivity contribution in [3.8, 4) is 11.4 Å². The summed E-state index contributed by atoms with van der Waals surface area (Å²) in [5.41, 5.74) is 1.62. The summed E-state index contributed by atoms with van der Waals surface area (Å²) in [6.45, 7) is 4.88. The maximum atomic E-state index is 11.9. The number of benzene rings is 1. The van der Waals surface area contributed by atoms with E-state index in [1.165, 1.54) is 15.9 Å². The summed E-state index contributed by atoms with van der Waals surface area (Å²) in [6, 6.07) is 9.47. The second-order valence-electron chi connectivity index (χ2n) is 5.00. The highest BCUT2D eigenvalue weighted by Gasteiger charge is 2.16. The minimum Gasteiger partial charge on any atom is -0.372 e. The molecule has 2 heterocycles. The maximum absolute atomic E-state index is 11.9. The van der Waals surface area contributed by atoms with Crippen LogP contribution in [0.1, 0.15) is 30.7 Å². The molecule has 2 aromatic heterocycles. The number of thiazole rings is 1. The molecule has 1 atom stereocenters. The first-order valence-corrected chi connectivity index (χ1v) is 8.24. The van der Waals surface area contributed by atoms with Gasteiger partial charge in [0, 0.05) is 17.6 Å². The minimum atomic E-state index is -0.490. The lowest BCUT2D eigenvalue weighted by Gasteiger charge is -2.07. The number of nitrogens with zero attached hydrogens (tertiary/aromatic N) is 3. The Labute approximate surface area is 137 Å². The standard InChI is InChI=1S/C16H17N3O3S/c1-3-21-11(2)15-17-13(10-23-15)9-19-14(18-22-16(19)20)12-7-5-4-6-8-12/h4-8,10-11H,3,9H2,1-2H3. The van der Waals surface area contributed by atoms with E-state index in [1.807, 2.05) is 49.6 Å². The normalized spacial score (nSPS) is 12.4. The molecule has 0 amide bonds. The fourth-order valence-electron chi connectivity index (χ4n) is 2.27. The van der Waals surface area contributed by atoms with E-state index in [2.05, 4.69) is 10.1 Å². The quantitative estimate of drug-likeness (QED) is 0.694. The molecular formula is C16H17N3O3S. The molecule has 0 aliphatic carbocycles. The molecule has 0 aliphatic rings. The molecule has 1 aromatic carbocycles. The average molecular weight is 331 g/mol. The molecule has 6 nitrogen and oxygen atoms in total. The zero-order valence-electron chi connectivity index (χ0n) is 12.9. The number of rotatable bonds is 6. The van der Waals surface area contributed by atoms with Crippen molar-refractivity contribution in [1.82, 2.24) is 14.7 Å². The molecule has 0 spiro atoms. The van der Waals surface area contributed by atoms with Gasteiger partial charge in [-0.25, -0.2) is 9.78 Å². The number of hydrogen-bond acceptors (Lipinski definition) is 6. The number of ether oxygens (including phenoxy) is 1. The van der Waals surface area contributed by atoms with Crippen molar-refractivity contribution in [2.24, 2.45) is 0 Å². The molecular weight excluding hydrogens is 314 g/mol. The van der Waals surface area contributed by atoms with Gasteiger partial charge in [-0.3, -0.25) is 9.09 Å². The molecule has 3 rings (SSSR count). The lowest BCUT2D eigenvalue weighted by atomic mass is 10.2. The second-order valence-corrected chi connectivity index (χ2v) is 5.89. The van der Waals surface area contributed by atoms with E-state index >= 15 is 0 Å². The van der Waals surface area contributed by atoms with Crippen LogP contribution in [0.15, 0.2) is 45.0 Å². The number of hydrogen-bond donors (Lipinski definition) is 0. The monoisotopic (exact) mass is 331 g/mol. The molecule has 120 valence electrons. The smallest absolute Gasteiger partial charge is 0.372 e. The molecule has 0 saturated carbocycles. The number of aromatic nitrogens is 3. The third-order valence-electron chi connectivity index (χ3n) is 3.37. The van der Waals surface area contributed by atoms with Gasteiger partial charge in [0.15, 0.2) is 5.82 Å². The Kier molecular flexibility index (Phi) is 4.68. The van der Waals surface area contributed by atoms with Crippen molar-refractivity contribution >= 4 is 11.3 Å². The molecule has 23 heavy (non-hydrogen) atoms. The largest absolute Gasteiger partial charge is 0.442 e. The lowest BCUT2D eigenvalue weighted by Crippen LogP contribution is -2.16. The van der Waals surface area contributed by atoms with E-state index in [1.54, 1.807) is 0 Å². The Morgan fingerprint density at radius 2 is 2.13 bits per heavy atom. The first-order valence-electron chi connectivity index (χ1n) is 7.37. The van der Waals surface area contributed by atoms with Gasteiger partial charge < -0.3 is 4.74 Å². The molecule has 0 saturated heterocycles. The summed E-state index contributed by atoms with van der Waals surface area (Å²) in [4.78, 5) is 16.5. The van der Waals surface area contributed by atoms with Crippen LogP contribution in [0.2, 0.25) is 0 Å². The summed E-state index contributed by atoms with van der Waals surface area (Å²) in [5, 5.41) is 6.71. The van der Waals surface area contributed by atoms with Crippen LogP contribution in [0.3, 0.4) is 0 Å². The first-order chi connectivity index (χ1) is 11.2. The van der Waals surface area contributed by atoms with E-state index < -0.39 is 5.76 Å². The van der Waals surface area contributed by atoms with Crippen LogP contribution in [-0.4, -0.2) is 21.3 Å². The third-order valence-corrected chi connectivity index (χ3v) is 4.43. The van der Waals surface area contributed by atoms with Gasteiger partial charge in [-0.15, -0.1) is 11.3 Å². The summed E-state index contributed by atoms with van der Waals surface area (Å²) in [6.07, 6.45) is -0.0495. The van der Waals surface area contributed by atoms with Gasteiger partial charge >= 0.3 is 5.76 Å². The minimum absolute atomic E-state index is 0.0495. The highest BCUT2D eigenvalue weighted by Crippen LogP contribution is 2.22. The van der Waals surface area contributed by atoms with Crippen molar-refractivity contribution < 1.29 is 9.26 Å². The summed E-state index contributed by atoms with van der Waals surface area (Å²) in [5.74, 6) is 0.0132. The Morgan fingerprint density at radius 1 is 1.35 bits per heavy atom. The fraction of sp³-hybridized carbons (Fsp3) is 0.312. The highest BCUT2D eigenvalue weighted by molar-refractivity contribution is 7.09. The predicted octanol–water partition coefficient (Wildman–Crippen LogP) is 3.11. The van der Waals surface area contributed by atoms with E-state index in [-0.39, 0.29) is 6.10 Å². The van der Waals surface area contributed by atoms with Crippen molar-refractivity contribution in [3.63, 3.8) is 0 Å². The summed E-state index contributed by atoms with van der Waals surface area (Å²) >= 11 is 1.52. The summed E-state index contributed by atoms with van der Waals surface area (Å²) in [7, 11) is 0. The molecule has 3 aromatic rings. The Morgan fingerprint density at radius 3 is 2.87 bits per heavy atom. The topological polar surface area (TPSA) is 70.2 Å². The maximum Gasteiger partial charge on any atom is 0.442 e. The third kappa shape index (κ3) is 3.40. The molecule has 0 fully saturated rings. The highest BCUT2D eigenvalue weighted by atomic mass is 32.1. The van der Waals surface area contributed by atoms with Gasteiger partial charge in [-0.1, -0.05) is 35.5 Å². The van der Waals surface area contributed by atoms with E-state index in [0.717, 1.165) is 16.3 Å². The molecule has 7 heteroatoms. The van der Waals surface area contributed by atoms with Crippen LogP contribution in [0.4, 0.5) is 0 Å². The van der Waals surface area contributed by atoms with Crippen LogP contribution >= 0.6 is 11.3 Å². The van der Waals surface area contributed by atoms with Crippen LogP contribution in [0.5, 0.6) is 0 Å². The zero-order chi connectivity index (χ0) is 16.2. The fourth-order valence-corrected chi connectivity index (χ4v) is 3.08. The molecule has 0 N–H and O–H groups in total. The van der Waals surface area contributed by atoms with E-state index in [9.17, 15) is 4.79 Å². The van der Waals surface area contributed by atoms with Gasteiger partial charge in [0.1, 0.15) is 11.1 Å². The van der Waals surface area contributed by atoms with E-state index in [4.69, 9.17) is 9.26 Å². The first kappa shape index (κ1) is 15.6. The van der Waals surface area contributed by atoms with Crippen LogP contribution in [0, 0.1) is 0 Å². The van der Waals surface area contributed by atoms with Crippen LogP contribution in [0.25, 0.3) is 11.4 Å². The van der Waals surface area contributed by atoms with Gasteiger partial charge in [-0.05, 0) is 13.8 Å². The SMILES string of the molecule is CCOC(C)c1nc(Cn2c(-c3ccccc3)noc2=O)cs1. The van der Waals surface area contributed by atoms with Crippen molar-refractivity contribution in [1.29, 1.82) is 0 Å². The van der Waals surface area contributed by atoms with Gasteiger partial charge in [0.25, 0.3) is 0 Å². The van der Waals surface area contributed by atoms with Crippen molar-refractivity contribution in [3.05, 3.63) is 57.0 Å². The Bertz CT molecular complexity index is 822. The second kappa shape index (κ2) is 6.89. The van der Waals surface area contributed by atoms with Crippen molar-refractivity contribution in [2.45, 2.75) is 26.5 Å². The predicted molar refractivity (Wildman–Crippen MR) is 87.5 cm³/mol. The molecule has 0 radical (unpaired) electrons. The molecule has 0 bridgehead atoms. The van der Waals surface area contributed by atoms with Crippen LogP contribution in [-0.2, 0) is 11.3 Å². The molecule has 1 unspecified atom stereocenters. The van der Waals surface area contributed by atoms with Crippen LogP contribution < -0.4 is 5.76 Å². The zero-order valence-corrected chi connectivity index (χ0v) is 13.7. The van der Waals surface area contributed by atoms with E-state index in [0.29, 0.717) is 19.0 Å². The Hall–Kier alpha value is -2.25. The Balaban J connectivity index is 1.87.